The first-order chi connectivity index (χ1) is 22.3. The fourth-order valence-corrected chi connectivity index (χ4v) is 15.6. The van der Waals surface area contributed by atoms with Crippen molar-refractivity contribution in [2.75, 3.05) is 0 Å². The van der Waals surface area contributed by atoms with Crippen molar-refractivity contribution >= 4 is 36.3 Å². The normalized spacial score (nSPS) is 36.1. The molecule has 7 nitrogen and oxygen atoms in total. The molecule has 0 radical (unpaired) electrons. The SMILES string of the molecule is CC(=O)OC1C(OC(C)=O)C2CC(O[Si](c3ccccc3)(c3ccccc3)C(C)(C)C)CCC2(C)C2CCC3(C)C(=NO)CCC3C12. The zero-order chi connectivity index (χ0) is 33.8. The van der Waals surface area contributed by atoms with Gasteiger partial charge in [-0.3, -0.25) is 9.59 Å². The molecule has 8 heteroatoms. The first-order valence-electron chi connectivity index (χ1n) is 17.6. The molecule has 1 N–H and O–H groups in total. The Morgan fingerprint density at radius 2 is 1.38 bits per heavy atom. The van der Waals surface area contributed by atoms with Crippen molar-refractivity contribution in [3.63, 3.8) is 0 Å². The Morgan fingerprint density at radius 1 is 0.809 bits per heavy atom. The molecule has 0 spiro atoms. The number of rotatable bonds is 6. The van der Waals surface area contributed by atoms with Crippen LogP contribution >= 0.6 is 0 Å². The summed E-state index contributed by atoms with van der Waals surface area (Å²) in [5, 5.41) is 16.0. The highest BCUT2D eigenvalue weighted by Gasteiger charge is 2.67. The minimum absolute atomic E-state index is 0.0108. The lowest BCUT2D eigenvalue weighted by molar-refractivity contribution is -0.236. The molecule has 9 unspecified atom stereocenters. The third-order valence-corrected chi connectivity index (χ3v) is 18.0. The predicted molar refractivity (Wildman–Crippen MR) is 185 cm³/mol. The molecule has 4 aliphatic carbocycles. The third-order valence-electron chi connectivity index (χ3n) is 12.9. The Balaban J connectivity index is 1.43. The van der Waals surface area contributed by atoms with Crippen LogP contribution in [0.2, 0.25) is 5.04 Å². The standard InChI is InChI=1S/C39H53NO6Si/c1-25(41)44-35-32-24-27(46-47(37(3,4)5,28-14-10-8-11-15-28)29-16-12-9-13-17-29)20-22-38(32,6)31-21-23-39(7)30(18-19-33(39)40-43)34(31)36(35)45-26(2)42/h8-17,27,30-32,34-36,43H,18-24H2,1-7H3. The molecule has 0 aliphatic heterocycles. The van der Waals surface area contributed by atoms with Gasteiger partial charge in [0.2, 0.25) is 0 Å². The van der Waals surface area contributed by atoms with Crippen molar-refractivity contribution in [2.45, 2.75) is 117 Å². The summed E-state index contributed by atoms with van der Waals surface area (Å²) in [6.07, 6.45) is 4.89. The summed E-state index contributed by atoms with van der Waals surface area (Å²) in [5.74, 6) is -0.272. The maximum Gasteiger partial charge on any atom is 0.303 e. The fourth-order valence-electron chi connectivity index (χ4n) is 10.8. The van der Waals surface area contributed by atoms with E-state index in [-0.39, 0.29) is 57.6 Å². The van der Waals surface area contributed by atoms with Crippen LogP contribution in [0.3, 0.4) is 0 Å². The molecule has 9 atom stereocenters. The summed E-state index contributed by atoms with van der Waals surface area (Å²) in [6, 6.07) is 21.5. The van der Waals surface area contributed by atoms with Crippen LogP contribution in [0.4, 0.5) is 0 Å². The number of hydrogen-bond donors (Lipinski definition) is 1. The lowest BCUT2D eigenvalue weighted by atomic mass is 9.43. The largest absolute Gasteiger partial charge is 0.458 e. The second-order valence-corrected chi connectivity index (χ2v) is 20.5. The number of hydrogen-bond acceptors (Lipinski definition) is 7. The van der Waals surface area contributed by atoms with E-state index in [4.69, 9.17) is 13.9 Å². The van der Waals surface area contributed by atoms with Gasteiger partial charge in [-0.1, -0.05) is 100 Å². The van der Waals surface area contributed by atoms with E-state index in [0.29, 0.717) is 0 Å². The van der Waals surface area contributed by atoms with Gasteiger partial charge in [0, 0.05) is 37.2 Å². The van der Waals surface area contributed by atoms with E-state index in [1.165, 1.54) is 24.2 Å². The Morgan fingerprint density at radius 3 is 1.91 bits per heavy atom. The summed E-state index contributed by atoms with van der Waals surface area (Å²) >= 11 is 0. The van der Waals surface area contributed by atoms with Crippen molar-refractivity contribution in [1.29, 1.82) is 0 Å². The van der Waals surface area contributed by atoms with E-state index in [1.807, 2.05) is 0 Å². The van der Waals surface area contributed by atoms with Crippen LogP contribution < -0.4 is 10.4 Å². The van der Waals surface area contributed by atoms with Crippen molar-refractivity contribution in [3.05, 3.63) is 60.7 Å². The highest BCUT2D eigenvalue weighted by atomic mass is 28.4. The quantitative estimate of drug-likeness (QED) is 0.157. The van der Waals surface area contributed by atoms with Gasteiger partial charge in [-0.2, -0.15) is 0 Å². The summed E-state index contributed by atoms with van der Waals surface area (Å²) < 4.78 is 20.2. The van der Waals surface area contributed by atoms with Gasteiger partial charge in [0.05, 0.1) is 5.71 Å². The van der Waals surface area contributed by atoms with Crippen molar-refractivity contribution < 1.29 is 28.7 Å². The maximum absolute atomic E-state index is 12.8. The van der Waals surface area contributed by atoms with Crippen LogP contribution in [0.15, 0.2) is 65.8 Å². The molecule has 0 bridgehead atoms. The molecule has 4 aliphatic rings. The highest BCUT2D eigenvalue weighted by Crippen LogP contribution is 2.67. The summed E-state index contributed by atoms with van der Waals surface area (Å²) in [5.41, 5.74) is 0.455. The molecule has 6 rings (SSSR count). The topological polar surface area (TPSA) is 94.4 Å². The molecule has 254 valence electrons. The lowest BCUT2D eigenvalue weighted by Gasteiger charge is -2.64. The van der Waals surface area contributed by atoms with Crippen LogP contribution in [-0.2, 0) is 23.5 Å². The smallest absolute Gasteiger partial charge is 0.303 e. The minimum atomic E-state index is -2.82. The van der Waals surface area contributed by atoms with Crippen molar-refractivity contribution in [1.82, 2.24) is 0 Å². The van der Waals surface area contributed by atoms with Crippen LogP contribution in [0.5, 0.6) is 0 Å². The van der Waals surface area contributed by atoms with E-state index in [0.717, 1.165) is 50.7 Å². The lowest BCUT2D eigenvalue weighted by Crippen LogP contribution is -2.69. The minimum Gasteiger partial charge on any atom is -0.458 e. The summed E-state index contributed by atoms with van der Waals surface area (Å²) in [7, 11) is -2.82. The number of ether oxygens (including phenoxy) is 2. The molecule has 0 heterocycles. The number of benzene rings is 2. The zero-order valence-electron chi connectivity index (χ0n) is 29.2. The number of carbonyl (C=O) groups is 2. The van der Waals surface area contributed by atoms with Gasteiger partial charge < -0.3 is 19.1 Å². The molecule has 4 fully saturated rings. The van der Waals surface area contributed by atoms with E-state index in [9.17, 15) is 14.8 Å². The Hall–Kier alpha value is -2.97. The zero-order valence-corrected chi connectivity index (χ0v) is 30.2. The highest BCUT2D eigenvalue weighted by molar-refractivity contribution is 6.99. The van der Waals surface area contributed by atoms with Gasteiger partial charge in [0.1, 0.15) is 12.2 Å². The summed E-state index contributed by atoms with van der Waals surface area (Å²) in [6.45, 7) is 14.4. The van der Waals surface area contributed by atoms with Gasteiger partial charge in [-0.05, 0) is 77.6 Å². The van der Waals surface area contributed by atoms with E-state index in [2.05, 4.69) is 100 Å². The Labute approximate surface area is 281 Å². The van der Waals surface area contributed by atoms with Gasteiger partial charge >= 0.3 is 11.9 Å². The average molecular weight is 660 g/mol. The van der Waals surface area contributed by atoms with Crippen LogP contribution in [-0.4, -0.2) is 49.5 Å². The van der Waals surface area contributed by atoms with Gasteiger partial charge in [-0.25, -0.2) is 0 Å². The molecule has 0 saturated heterocycles. The van der Waals surface area contributed by atoms with Crippen LogP contribution in [0.1, 0.15) is 93.4 Å². The molecule has 4 saturated carbocycles. The second kappa shape index (κ2) is 12.5. The monoisotopic (exact) mass is 659 g/mol. The third kappa shape index (κ3) is 5.57. The number of carbonyl (C=O) groups excluding carboxylic acids is 2. The number of fused-ring (bicyclic) bond motifs is 5. The van der Waals surface area contributed by atoms with Gasteiger partial charge in [-0.15, -0.1) is 0 Å². The molecule has 0 aromatic heterocycles. The Kier molecular flexibility index (Phi) is 9.01. The first-order valence-corrected chi connectivity index (χ1v) is 19.5. The molecule has 0 amide bonds. The second-order valence-electron chi connectivity index (χ2n) is 16.3. The average Bonchev–Trinajstić information content (AvgIpc) is 3.37. The molecular weight excluding hydrogens is 607 g/mol. The van der Waals surface area contributed by atoms with E-state index in [1.54, 1.807) is 0 Å². The number of esters is 2. The predicted octanol–water partition coefficient (Wildman–Crippen LogP) is 6.89. The van der Waals surface area contributed by atoms with Gasteiger partial charge in [0.15, 0.2) is 0 Å². The van der Waals surface area contributed by atoms with Crippen LogP contribution in [0.25, 0.3) is 0 Å². The van der Waals surface area contributed by atoms with E-state index < -0.39 is 20.5 Å². The van der Waals surface area contributed by atoms with Crippen molar-refractivity contribution in [2.24, 2.45) is 39.7 Å². The molecule has 2 aromatic rings. The van der Waals surface area contributed by atoms with Gasteiger partial charge in [0.25, 0.3) is 8.32 Å². The maximum atomic E-state index is 12.8. The molecule has 2 aromatic carbocycles. The number of nitrogens with zero attached hydrogens (tertiary/aromatic N) is 1. The Bertz CT molecular complexity index is 1450. The number of oxime groups is 1. The molecular formula is C39H53NO6Si. The fraction of sp³-hybridized carbons (Fsp3) is 0.615. The van der Waals surface area contributed by atoms with Crippen molar-refractivity contribution in [3.8, 4) is 0 Å². The molecule has 47 heavy (non-hydrogen) atoms. The first kappa shape index (κ1) is 33.9. The van der Waals surface area contributed by atoms with E-state index >= 15 is 0 Å². The van der Waals surface area contributed by atoms with Crippen LogP contribution in [0, 0.1) is 34.5 Å². The summed E-state index contributed by atoms with van der Waals surface area (Å²) in [4.78, 5) is 25.6.